The number of nitrogens with two attached hydrogens (primary N) is 1. The Labute approximate surface area is 198 Å². The van der Waals surface area contributed by atoms with Gasteiger partial charge in [0, 0.05) is 5.56 Å². The Bertz CT molecular complexity index is 768. The van der Waals surface area contributed by atoms with Crippen LogP contribution in [-0.2, 0) is 14.3 Å². The molecule has 0 saturated carbocycles. The predicted molar refractivity (Wildman–Crippen MR) is 128 cm³/mol. The Hall–Kier alpha value is -2.45. The molecule has 0 spiro atoms. The van der Waals surface area contributed by atoms with E-state index in [0.29, 0.717) is 31.4 Å². The topological polar surface area (TPSA) is 120 Å². The van der Waals surface area contributed by atoms with Gasteiger partial charge in [0.2, 0.25) is 5.91 Å². The number of hydrogen-bond acceptors (Lipinski definition) is 6. The summed E-state index contributed by atoms with van der Waals surface area (Å²) in [6.07, 6.45) is 0.360. The molecule has 33 heavy (non-hydrogen) atoms. The van der Waals surface area contributed by atoms with Crippen molar-refractivity contribution < 1.29 is 23.9 Å². The summed E-state index contributed by atoms with van der Waals surface area (Å²) in [7, 11) is 0. The molecule has 0 bridgehead atoms. The highest BCUT2D eigenvalue weighted by atomic mass is 16.6. The Kier molecular flexibility index (Phi) is 11.0. The third-order valence-corrected chi connectivity index (χ3v) is 4.52. The maximum absolute atomic E-state index is 13.2. The summed E-state index contributed by atoms with van der Waals surface area (Å²) < 4.78 is 11.3. The Morgan fingerprint density at radius 3 is 2.21 bits per heavy atom. The molecule has 3 atom stereocenters. The molecule has 0 heterocycles. The second-order valence-corrected chi connectivity index (χ2v) is 10.0. The van der Waals surface area contributed by atoms with Gasteiger partial charge in [-0.1, -0.05) is 24.3 Å². The fourth-order valence-electron chi connectivity index (χ4n) is 3.20. The summed E-state index contributed by atoms with van der Waals surface area (Å²) in [5.74, 6) is -0.810. The summed E-state index contributed by atoms with van der Waals surface area (Å²) in [6.45, 7) is 13.1. The van der Waals surface area contributed by atoms with E-state index in [1.54, 1.807) is 52.0 Å². The van der Waals surface area contributed by atoms with Crippen molar-refractivity contribution in [2.45, 2.75) is 97.1 Å². The van der Waals surface area contributed by atoms with Gasteiger partial charge in [-0.15, -0.1) is 0 Å². The van der Waals surface area contributed by atoms with Crippen molar-refractivity contribution in [2.24, 2.45) is 5.73 Å². The lowest BCUT2D eigenvalue weighted by atomic mass is 9.98. The zero-order valence-corrected chi connectivity index (χ0v) is 21.0. The first-order valence-corrected chi connectivity index (χ1v) is 11.4. The number of amides is 2. The van der Waals surface area contributed by atoms with Crippen molar-refractivity contribution in [3.63, 3.8) is 0 Å². The molecule has 8 nitrogen and oxygen atoms in total. The molecule has 0 aromatic heterocycles. The van der Waals surface area contributed by atoms with E-state index in [9.17, 15) is 14.4 Å². The van der Waals surface area contributed by atoms with Gasteiger partial charge in [-0.2, -0.15) is 0 Å². The molecule has 1 radical (unpaired) electrons. The number of ether oxygens (including phenoxy) is 2. The van der Waals surface area contributed by atoms with E-state index < -0.39 is 41.4 Å². The molecule has 0 aliphatic heterocycles. The number of carbonyl (C=O) groups excluding carboxylic acids is 3. The average Bonchev–Trinajstić information content (AvgIpc) is 2.68. The SMILES string of the molecule is CC(OC(C)(C)C)[C@H](NC(=O)[C@H](CCCCN)NC(=O)OC(C)(C)C)C(=O)c1[c]cccc1. The molecule has 8 heteroatoms. The lowest BCUT2D eigenvalue weighted by Crippen LogP contribution is -2.56. The average molecular weight is 463 g/mol. The molecule has 1 rings (SSSR count). The van der Waals surface area contributed by atoms with Gasteiger partial charge in [0.15, 0.2) is 5.78 Å². The van der Waals surface area contributed by atoms with Crippen LogP contribution in [0.3, 0.4) is 0 Å². The lowest BCUT2D eigenvalue weighted by molar-refractivity contribution is -0.126. The summed E-state index contributed by atoms with van der Waals surface area (Å²) >= 11 is 0. The highest BCUT2D eigenvalue weighted by Crippen LogP contribution is 2.17. The van der Waals surface area contributed by atoms with Crippen LogP contribution in [0.4, 0.5) is 4.79 Å². The smallest absolute Gasteiger partial charge is 0.408 e. The number of Topliss-reactive ketones (excluding diaryl/α,β-unsaturated/α-hetero) is 1. The molecular formula is C25H40N3O5. The van der Waals surface area contributed by atoms with Crippen LogP contribution in [0, 0.1) is 6.07 Å². The number of ketones is 1. The summed E-state index contributed by atoms with van der Waals surface area (Å²) in [4.78, 5) is 38.8. The lowest BCUT2D eigenvalue weighted by Gasteiger charge is -2.32. The molecule has 185 valence electrons. The highest BCUT2D eigenvalue weighted by molar-refractivity contribution is 6.02. The van der Waals surface area contributed by atoms with Crippen molar-refractivity contribution in [3.05, 3.63) is 35.9 Å². The summed E-state index contributed by atoms with van der Waals surface area (Å²) in [5, 5.41) is 5.43. The minimum atomic E-state index is -0.965. The van der Waals surface area contributed by atoms with E-state index in [1.807, 2.05) is 20.8 Å². The van der Waals surface area contributed by atoms with Crippen LogP contribution in [0.15, 0.2) is 24.3 Å². The molecule has 0 saturated heterocycles. The van der Waals surface area contributed by atoms with Gasteiger partial charge in [-0.05, 0) is 80.3 Å². The predicted octanol–water partition coefficient (Wildman–Crippen LogP) is 3.38. The van der Waals surface area contributed by atoms with Crippen LogP contribution in [0.2, 0.25) is 0 Å². The van der Waals surface area contributed by atoms with Gasteiger partial charge < -0.3 is 25.8 Å². The summed E-state index contributed by atoms with van der Waals surface area (Å²) in [5.41, 5.74) is 4.68. The number of unbranched alkanes of at least 4 members (excludes halogenated alkanes) is 1. The highest BCUT2D eigenvalue weighted by Gasteiger charge is 2.34. The maximum atomic E-state index is 13.2. The first-order valence-electron chi connectivity index (χ1n) is 11.4. The number of benzene rings is 1. The standard InChI is InChI=1S/C25H40N3O5/c1-17(32-24(2,3)4)20(21(29)18-13-9-8-10-14-18)28-22(30)19(15-11-12-16-26)27-23(31)33-25(5,6)7/h8-10,13,17,19-20H,11-12,15-16,26H2,1-7H3,(H,27,31)(H,28,30)/t17?,19-,20-/m0/s1. The maximum Gasteiger partial charge on any atom is 0.408 e. The Morgan fingerprint density at radius 1 is 1.03 bits per heavy atom. The molecule has 4 N–H and O–H groups in total. The second kappa shape index (κ2) is 12.7. The van der Waals surface area contributed by atoms with Gasteiger partial charge in [-0.25, -0.2) is 4.79 Å². The van der Waals surface area contributed by atoms with E-state index in [0.717, 1.165) is 0 Å². The van der Waals surface area contributed by atoms with Crippen LogP contribution in [-0.4, -0.2) is 53.7 Å². The molecule has 2 amide bonds. The van der Waals surface area contributed by atoms with E-state index in [1.165, 1.54) is 0 Å². The first-order chi connectivity index (χ1) is 15.2. The number of alkyl carbamates (subject to hydrolysis) is 1. The number of hydrogen-bond donors (Lipinski definition) is 3. The molecule has 1 aromatic rings. The number of carbonyl (C=O) groups is 3. The molecule has 1 aromatic carbocycles. The third-order valence-electron chi connectivity index (χ3n) is 4.52. The fourth-order valence-corrected chi connectivity index (χ4v) is 3.20. The molecular weight excluding hydrogens is 422 g/mol. The summed E-state index contributed by atoms with van der Waals surface area (Å²) in [6, 6.07) is 7.83. The van der Waals surface area contributed by atoms with Crippen molar-refractivity contribution in [1.82, 2.24) is 10.6 Å². The van der Waals surface area contributed by atoms with Crippen molar-refractivity contribution >= 4 is 17.8 Å². The zero-order valence-electron chi connectivity index (χ0n) is 21.0. The van der Waals surface area contributed by atoms with Crippen LogP contribution in [0.25, 0.3) is 0 Å². The van der Waals surface area contributed by atoms with Crippen LogP contribution >= 0.6 is 0 Å². The second-order valence-electron chi connectivity index (χ2n) is 10.0. The van der Waals surface area contributed by atoms with Crippen molar-refractivity contribution in [2.75, 3.05) is 6.54 Å². The Morgan fingerprint density at radius 2 is 1.70 bits per heavy atom. The Balaban J connectivity index is 3.10. The molecule has 0 fully saturated rings. The van der Waals surface area contributed by atoms with Gasteiger partial charge in [-0.3, -0.25) is 9.59 Å². The minimum absolute atomic E-state index is 0.321. The van der Waals surface area contributed by atoms with Gasteiger partial charge in [0.25, 0.3) is 0 Å². The van der Waals surface area contributed by atoms with Gasteiger partial charge in [0.05, 0.1) is 11.7 Å². The third kappa shape index (κ3) is 11.3. The quantitative estimate of drug-likeness (QED) is 0.343. The van der Waals surface area contributed by atoms with E-state index in [2.05, 4.69) is 16.7 Å². The van der Waals surface area contributed by atoms with Crippen molar-refractivity contribution in [1.29, 1.82) is 0 Å². The number of rotatable bonds is 11. The fraction of sp³-hybridized carbons (Fsp3) is 0.640. The van der Waals surface area contributed by atoms with Gasteiger partial charge in [0.1, 0.15) is 17.7 Å². The van der Waals surface area contributed by atoms with E-state index >= 15 is 0 Å². The van der Waals surface area contributed by atoms with E-state index in [4.69, 9.17) is 15.2 Å². The van der Waals surface area contributed by atoms with Crippen LogP contribution in [0.5, 0.6) is 0 Å². The zero-order chi connectivity index (χ0) is 25.2. The normalized spacial score (nSPS) is 14.7. The van der Waals surface area contributed by atoms with Crippen molar-refractivity contribution in [3.8, 4) is 0 Å². The minimum Gasteiger partial charge on any atom is -0.444 e. The van der Waals surface area contributed by atoms with Crippen LogP contribution < -0.4 is 16.4 Å². The van der Waals surface area contributed by atoms with Gasteiger partial charge >= 0.3 is 6.09 Å². The van der Waals surface area contributed by atoms with E-state index in [-0.39, 0.29) is 5.78 Å². The van der Waals surface area contributed by atoms with Crippen LogP contribution in [0.1, 0.15) is 78.1 Å². The molecule has 0 aliphatic rings. The molecule has 1 unspecified atom stereocenters. The number of nitrogens with one attached hydrogen (secondary N) is 2. The first kappa shape index (κ1) is 28.6. The molecule has 0 aliphatic carbocycles. The largest absolute Gasteiger partial charge is 0.444 e. The monoisotopic (exact) mass is 462 g/mol.